The van der Waals surface area contributed by atoms with Crippen molar-refractivity contribution >= 4 is 5.91 Å². The zero-order valence-electron chi connectivity index (χ0n) is 15.2. The van der Waals surface area contributed by atoms with Crippen LogP contribution in [0.15, 0.2) is 59.4 Å². The molecule has 1 aromatic heterocycles. The summed E-state index contributed by atoms with van der Waals surface area (Å²) in [5.41, 5.74) is 1.23. The van der Waals surface area contributed by atoms with E-state index in [-0.39, 0.29) is 17.5 Å². The first-order valence-electron chi connectivity index (χ1n) is 9.20. The standard InChI is InChI=1S/C21H19N5O2/c22-13-15-7-4-5-11-18(15)20(27)25-12-6-8-16(14-25)19-23-24-21(28)26(19)17-9-2-1-3-10-17/h1-5,7,9-11,16H,6,8,12,14H2,(H,24,28)/t16-/m0/s1. The van der Waals surface area contributed by atoms with Crippen molar-refractivity contribution in [2.75, 3.05) is 13.1 Å². The summed E-state index contributed by atoms with van der Waals surface area (Å²) in [5, 5.41) is 16.1. The molecule has 4 rings (SSSR count). The Morgan fingerprint density at radius 1 is 1.14 bits per heavy atom. The molecule has 1 amide bonds. The number of carbonyl (C=O) groups is 1. The van der Waals surface area contributed by atoms with E-state index < -0.39 is 0 Å². The van der Waals surface area contributed by atoms with Gasteiger partial charge in [-0.25, -0.2) is 14.5 Å². The number of nitriles is 1. The number of hydrogen-bond acceptors (Lipinski definition) is 4. The van der Waals surface area contributed by atoms with Gasteiger partial charge in [0, 0.05) is 19.0 Å². The fourth-order valence-corrected chi connectivity index (χ4v) is 3.72. The smallest absolute Gasteiger partial charge is 0.338 e. The Morgan fingerprint density at radius 3 is 2.68 bits per heavy atom. The second-order valence-corrected chi connectivity index (χ2v) is 6.81. The summed E-state index contributed by atoms with van der Waals surface area (Å²) in [7, 11) is 0. The number of hydrogen-bond donors (Lipinski definition) is 1. The lowest BCUT2D eigenvalue weighted by molar-refractivity contribution is 0.0703. The summed E-state index contributed by atoms with van der Waals surface area (Å²) in [6.45, 7) is 1.07. The molecule has 7 heteroatoms. The van der Waals surface area contributed by atoms with Crippen LogP contribution in [0.2, 0.25) is 0 Å². The van der Waals surface area contributed by atoms with Gasteiger partial charge in [-0.2, -0.15) is 10.4 Å². The molecule has 3 aromatic rings. The van der Waals surface area contributed by atoms with Crippen molar-refractivity contribution in [3.63, 3.8) is 0 Å². The first-order valence-corrected chi connectivity index (χ1v) is 9.20. The predicted octanol–water partition coefficient (Wildman–Crippen LogP) is 2.45. The number of para-hydroxylation sites is 1. The Balaban J connectivity index is 1.63. The van der Waals surface area contributed by atoms with Crippen molar-refractivity contribution in [3.8, 4) is 11.8 Å². The van der Waals surface area contributed by atoms with Crippen molar-refractivity contribution in [2.24, 2.45) is 0 Å². The van der Waals surface area contributed by atoms with Crippen LogP contribution in [0, 0.1) is 11.3 Å². The second kappa shape index (κ2) is 7.53. The van der Waals surface area contributed by atoms with Crippen molar-refractivity contribution in [2.45, 2.75) is 18.8 Å². The summed E-state index contributed by atoms with van der Waals surface area (Å²) in [6, 6.07) is 18.3. The normalized spacial score (nSPS) is 16.5. The molecule has 0 bridgehead atoms. The lowest BCUT2D eigenvalue weighted by Crippen LogP contribution is -2.40. The third kappa shape index (κ3) is 3.21. The number of H-pyrrole nitrogens is 1. The van der Waals surface area contributed by atoms with Crippen LogP contribution in [0.1, 0.15) is 40.5 Å². The number of carbonyl (C=O) groups excluding carboxylic acids is 1. The molecule has 1 aliphatic rings. The van der Waals surface area contributed by atoms with Gasteiger partial charge in [-0.1, -0.05) is 30.3 Å². The monoisotopic (exact) mass is 373 g/mol. The van der Waals surface area contributed by atoms with Crippen LogP contribution in [-0.4, -0.2) is 38.7 Å². The molecule has 28 heavy (non-hydrogen) atoms. The highest BCUT2D eigenvalue weighted by atomic mass is 16.2. The van der Waals surface area contributed by atoms with Crippen molar-refractivity contribution in [1.29, 1.82) is 5.26 Å². The lowest BCUT2D eigenvalue weighted by Gasteiger charge is -2.32. The SMILES string of the molecule is N#Cc1ccccc1C(=O)N1CCC[C@H](c2n[nH]c(=O)n2-c2ccccc2)C1. The molecule has 0 aliphatic carbocycles. The Hall–Kier alpha value is -3.66. The van der Waals surface area contributed by atoms with Gasteiger partial charge in [0.15, 0.2) is 0 Å². The van der Waals surface area contributed by atoms with Crippen LogP contribution in [0.5, 0.6) is 0 Å². The number of nitrogens with one attached hydrogen (secondary N) is 1. The molecule has 1 atom stereocenters. The minimum Gasteiger partial charge on any atom is -0.338 e. The number of aromatic amines is 1. The van der Waals surface area contributed by atoms with Gasteiger partial charge in [0.1, 0.15) is 5.82 Å². The van der Waals surface area contributed by atoms with E-state index in [4.69, 9.17) is 0 Å². The molecule has 0 spiro atoms. The summed E-state index contributed by atoms with van der Waals surface area (Å²) in [4.78, 5) is 27.1. The van der Waals surface area contributed by atoms with E-state index >= 15 is 0 Å². The van der Waals surface area contributed by atoms with Gasteiger partial charge in [0.25, 0.3) is 5.91 Å². The van der Waals surface area contributed by atoms with Gasteiger partial charge in [0.05, 0.1) is 22.9 Å². The highest BCUT2D eigenvalue weighted by Crippen LogP contribution is 2.27. The van der Waals surface area contributed by atoms with E-state index in [1.54, 1.807) is 33.7 Å². The van der Waals surface area contributed by atoms with E-state index in [9.17, 15) is 14.9 Å². The lowest BCUT2D eigenvalue weighted by atomic mass is 9.95. The van der Waals surface area contributed by atoms with Crippen molar-refractivity contribution in [1.82, 2.24) is 19.7 Å². The minimum atomic E-state index is -0.292. The van der Waals surface area contributed by atoms with E-state index in [1.165, 1.54) is 0 Å². The molecule has 0 saturated carbocycles. The molecule has 1 N–H and O–H groups in total. The first kappa shape index (κ1) is 17.7. The third-order valence-electron chi connectivity index (χ3n) is 5.06. The summed E-state index contributed by atoms with van der Waals surface area (Å²) >= 11 is 0. The zero-order valence-corrected chi connectivity index (χ0v) is 15.2. The predicted molar refractivity (Wildman–Crippen MR) is 103 cm³/mol. The number of benzene rings is 2. The van der Waals surface area contributed by atoms with Gasteiger partial charge in [0.2, 0.25) is 0 Å². The van der Waals surface area contributed by atoms with E-state index in [2.05, 4.69) is 16.3 Å². The van der Waals surface area contributed by atoms with Gasteiger partial charge < -0.3 is 4.90 Å². The number of rotatable bonds is 3. The van der Waals surface area contributed by atoms with Gasteiger partial charge in [-0.15, -0.1) is 0 Å². The molecule has 1 fully saturated rings. The Kier molecular flexibility index (Phi) is 4.77. The average molecular weight is 373 g/mol. The Bertz CT molecular complexity index is 1090. The van der Waals surface area contributed by atoms with Gasteiger partial charge in [-0.05, 0) is 37.1 Å². The largest absolute Gasteiger partial charge is 0.347 e. The highest BCUT2D eigenvalue weighted by molar-refractivity contribution is 5.96. The molecule has 2 heterocycles. The minimum absolute atomic E-state index is 0.0638. The molecule has 1 saturated heterocycles. The maximum atomic E-state index is 13.0. The average Bonchev–Trinajstić information content (AvgIpc) is 3.15. The first-order chi connectivity index (χ1) is 13.7. The molecule has 0 radical (unpaired) electrons. The molecular formula is C21H19N5O2. The van der Waals surface area contributed by atoms with E-state index in [0.29, 0.717) is 30.0 Å². The van der Waals surface area contributed by atoms with Crippen LogP contribution in [0.25, 0.3) is 5.69 Å². The highest BCUT2D eigenvalue weighted by Gasteiger charge is 2.30. The molecule has 0 unspecified atom stereocenters. The molecule has 2 aromatic carbocycles. The second-order valence-electron chi connectivity index (χ2n) is 6.81. The van der Waals surface area contributed by atoms with Crippen LogP contribution < -0.4 is 5.69 Å². The molecule has 1 aliphatic heterocycles. The van der Waals surface area contributed by atoms with Crippen LogP contribution >= 0.6 is 0 Å². The van der Waals surface area contributed by atoms with E-state index in [0.717, 1.165) is 18.5 Å². The fourth-order valence-electron chi connectivity index (χ4n) is 3.72. The van der Waals surface area contributed by atoms with Gasteiger partial charge >= 0.3 is 5.69 Å². The summed E-state index contributed by atoms with van der Waals surface area (Å²) in [5.74, 6) is 0.402. The quantitative estimate of drug-likeness (QED) is 0.763. The Morgan fingerprint density at radius 2 is 1.89 bits per heavy atom. The molecule has 140 valence electrons. The van der Waals surface area contributed by atoms with Crippen molar-refractivity contribution in [3.05, 3.63) is 82.0 Å². The number of aromatic nitrogens is 3. The number of piperidine rings is 1. The number of nitrogens with zero attached hydrogens (tertiary/aromatic N) is 4. The topological polar surface area (TPSA) is 94.8 Å². The Labute approximate surface area is 161 Å². The maximum Gasteiger partial charge on any atom is 0.347 e. The third-order valence-corrected chi connectivity index (χ3v) is 5.06. The van der Waals surface area contributed by atoms with E-state index in [1.807, 2.05) is 30.3 Å². The summed E-state index contributed by atoms with van der Waals surface area (Å²) in [6.07, 6.45) is 1.64. The summed E-state index contributed by atoms with van der Waals surface area (Å²) < 4.78 is 1.57. The van der Waals surface area contributed by atoms with Crippen LogP contribution in [0.4, 0.5) is 0 Å². The van der Waals surface area contributed by atoms with Crippen LogP contribution in [-0.2, 0) is 0 Å². The number of likely N-dealkylation sites (tertiary alicyclic amines) is 1. The zero-order chi connectivity index (χ0) is 19.5. The number of amides is 1. The maximum absolute atomic E-state index is 13.0. The van der Waals surface area contributed by atoms with Crippen LogP contribution in [0.3, 0.4) is 0 Å². The molecular weight excluding hydrogens is 354 g/mol. The fraction of sp³-hybridized carbons (Fsp3) is 0.238. The molecule has 7 nitrogen and oxygen atoms in total. The van der Waals surface area contributed by atoms with Gasteiger partial charge in [-0.3, -0.25) is 4.79 Å². The van der Waals surface area contributed by atoms with Crippen molar-refractivity contribution < 1.29 is 4.79 Å².